The topological polar surface area (TPSA) is 372 Å². The first kappa shape index (κ1) is 54.2. The second kappa shape index (κ2) is 20.9. The van der Waals surface area contributed by atoms with Crippen molar-refractivity contribution in [2.24, 2.45) is 0 Å². The van der Waals surface area contributed by atoms with Gasteiger partial charge in [0.05, 0.1) is 11.8 Å². The lowest BCUT2D eigenvalue weighted by atomic mass is 9.72. The first-order valence-corrected chi connectivity index (χ1v) is 25.3. The standard InChI is InChI=1S/C59H48O20.C2H6/c60-28-8-3-23(4-9-28)1-2-24-13-37(68)48(38(69)14-24)52-49-42(73)22-43(74)51(59(49)79-56(54(52)75)26-6-11-32(63)35(66)16-26)53-50-41(72)21-40(71)47(58(50)78-57(55(53)76)27-7-12-33(64)36(67)17-27)30-20-44(25-5-10-31(62)34(65)15-25)77-45-19-29(61)18-39(70)46(30)45;1-2/h1-19,21-22,30,44,52-57,60-76H,20H2;1-2H3/b2-1+;/t30-,44+,52+,53-,54-,55-,56-,57-;/m1./s1. The van der Waals surface area contributed by atoms with Gasteiger partial charge in [-0.2, -0.15) is 0 Å². The van der Waals surface area contributed by atoms with Gasteiger partial charge in [0, 0.05) is 70.0 Å². The molecular formula is C61H54O20. The van der Waals surface area contributed by atoms with E-state index in [2.05, 4.69) is 0 Å². The lowest BCUT2D eigenvalue weighted by Crippen LogP contribution is -2.38. The van der Waals surface area contributed by atoms with Gasteiger partial charge >= 0.3 is 0 Å². The zero-order valence-electron chi connectivity index (χ0n) is 42.8. The van der Waals surface area contributed by atoms with Gasteiger partial charge in [-0.1, -0.05) is 56.3 Å². The molecule has 17 N–H and O–H groups in total. The van der Waals surface area contributed by atoms with Gasteiger partial charge in [-0.3, -0.25) is 0 Å². The number of benzene rings is 8. The summed E-state index contributed by atoms with van der Waals surface area (Å²) in [5.74, 6) is -14.7. The van der Waals surface area contributed by atoms with Gasteiger partial charge < -0.3 is 101 Å². The average molecular weight is 1110 g/mol. The van der Waals surface area contributed by atoms with Crippen LogP contribution in [0.15, 0.2) is 115 Å². The van der Waals surface area contributed by atoms with Crippen molar-refractivity contribution in [1.29, 1.82) is 0 Å². The van der Waals surface area contributed by atoms with Crippen molar-refractivity contribution in [2.45, 2.75) is 68.5 Å². The van der Waals surface area contributed by atoms with Gasteiger partial charge in [-0.05, 0) is 88.5 Å². The van der Waals surface area contributed by atoms with Crippen molar-refractivity contribution in [3.8, 4) is 103 Å². The molecule has 418 valence electrons. The summed E-state index contributed by atoms with van der Waals surface area (Å²) in [6.45, 7) is 4.00. The van der Waals surface area contributed by atoms with Gasteiger partial charge in [0.15, 0.2) is 46.7 Å². The lowest BCUT2D eigenvalue weighted by Gasteiger charge is -2.43. The summed E-state index contributed by atoms with van der Waals surface area (Å²) in [5, 5.41) is 193. The fraction of sp³-hybridized carbons (Fsp3) is 0.180. The first-order chi connectivity index (χ1) is 38.7. The second-order valence-electron chi connectivity index (χ2n) is 19.6. The fourth-order valence-corrected chi connectivity index (χ4v) is 11.1. The van der Waals surface area contributed by atoms with E-state index in [-0.39, 0.29) is 62.4 Å². The third-order valence-corrected chi connectivity index (χ3v) is 14.7. The van der Waals surface area contributed by atoms with Crippen LogP contribution in [0.2, 0.25) is 0 Å². The monoisotopic (exact) mass is 1110 g/mol. The van der Waals surface area contributed by atoms with Crippen molar-refractivity contribution in [3.05, 3.63) is 176 Å². The van der Waals surface area contributed by atoms with E-state index in [0.717, 1.165) is 42.5 Å². The highest BCUT2D eigenvalue weighted by Gasteiger charge is 2.51. The number of aromatic hydroxyl groups is 15. The van der Waals surface area contributed by atoms with Crippen molar-refractivity contribution < 1.29 is 101 Å². The molecule has 11 rings (SSSR count). The maximum Gasteiger partial charge on any atom is 0.157 e. The molecule has 0 spiro atoms. The molecular weight excluding hydrogens is 1050 g/mol. The molecule has 0 amide bonds. The molecule has 0 radical (unpaired) electrons. The molecule has 20 nitrogen and oxygen atoms in total. The van der Waals surface area contributed by atoms with Crippen LogP contribution in [0.4, 0.5) is 0 Å². The Morgan fingerprint density at radius 3 is 1.25 bits per heavy atom. The predicted octanol–water partition coefficient (Wildman–Crippen LogP) is 9.38. The van der Waals surface area contributed by atoms with Crippen LogP contribution in [0.5, 0.6) is 103 Å². The summed E-state index contributed by atoms with van der Waals surface area (Å²) in [6, 6.07) is 23.2. The Morgan fingerprint density at radius 1 is 0.346 bits per heavy atom. The minimum Gasteiger partial charge on any atom is -0.508 e. The molecule has 8 atom stereocenters. The first-order valence-electron chi connectivity index (χ1n) is 25.3. The van der Waals surface area contributed by atoms with Crippen molar-refractivity contribution in [2.75, 3.05) is 0 Å². The minimum absolute atomic E-state index is 0.0235. The van der Waals surface area contributed by atoms with Crippen LogP contribution in [0.3, 0.4) is 0 Å². The molecule has 0 saturated heterocycles. The van der Waals surface area contributed by atoms with Gasteiger partial charge in [-0.25, -0.2) is 0 Å². The maximum absolute atomic E-state index is 12.9. The van der Waals surface area contributed by atoms with Crippen molar-refractivity contribution in [1.82, 2.24) is 0 Å². The Hall–Kier alpha value is -10.2. The predicted molar refractivity (Wildman–Crippen MR) is 289 cm³/mol. The molecule has 0 bridgehead atoms. The number of phenols is 15. The number of ether oxygens (including phenoxy) is 3. The summed E-state index contributed by atoms with van der Waals surface area (Å²) in [4.78, 5) is 0. The van der Waals surface area contributed by atoms with E-state index in [1.54, 1.807) is 18.2 Å². The average Bonchev–Trinajstić information content (AvgIpc) is 2.07. The van der Waals surface area contributed by atoms with Crippen molar-refractivity contribution in [3.63, 3.8) is 0 Å². The van der Waals surface area contributed by atoms with Crippen molar-refractivity contribution >= 4 is 12.2 Å². The van der Waals surface area contributed by atoms with Crippen LogP contribution in [-0.4, -0.2) is 99.0 Å². The van der Waals surface area contributed by atoms with E-state index < -0.39 is 151 Å². The Morgan fingerprint density at radius 2 is 0.753 bits per heavy atom. The highest BCUT2D eigenvalue weighted by molar-refractivity contribution is 5.75. The van der Waals surface area contributed by atoms with Gasteiger partial charge in [-0.15, -0.1) is 0 Å². The minimum atomic E-state index is -2.02. The largest absolute Gasteiger partial charge is 0.508 e. The van der Waals surface area contributed by atoms with Crippen LogP contribution in [-0.2, 0) is 0 Å². The van der Waals surface area contributed by atoms with E-state index in [9.17, 15) is 86.8 Å². The van der Waals surface area contributed by atoms with Gasteiger partial charge in [0.1, 0.15) is 87.3 Å². The molecule has 81 heavy (non-hydrogen) atoms. The van der Waals surface area contributed by atoms with E-state index in [4.69, 9.17) is 14.2 Å². The van der Waals surface area contributed by atoms with Crippen LogP contribution in [0.1, 0.15) is 118 Å². The second-order valence-corrected chi connectivity index (χ2v) is 19.6. The molecule has 0 aromatic heterocycles. The lowest BCUT2D eigenvalue weighted by molar-refractivity contribution is -0.00407. The molecule has 0 fully saturated rings. The maximum atomic E-state index is 12.9. The molecule has 0 saturated carbocycles. The fourth-order valence-electron chi connectivity index (χ4n) is 11.1. The van der Waals surface area contributed by atoms with E-state index in [0.29, 0.717) is 5.56 Å². The normalized spacial score (nSPS) is 20.8. The highest BCUT2D eigenvalue weighted by atomic mass is 16.5. The summed E-state index contributed by atoms with van der Waals surface area (Å²) >= 11 is 0. The number of hydrogen-bond acceptors (Lipinski definition) is 20. The van der Waals surface area contributed by atoms with Crippen LogP contribution < -0.4 is 14.2 Å². The Bertz CT molecular complexity index is 3780. The number of fused-ring (bicyclic) bond motifs is 3. The Labute approximate surface area is 460 Å². The number of phenolic OH excluding ortho intramolecular Hbond substituents is 15. The molecule has 3 aliphatic rings. The zero-order chi connectivity index (χ0) is 58.0. The van der Waals surface area contributed by atoms with Gasteiger partial charge in [0.25, 0.3) is 0 Å². The van der Waals surface area contributed by atoms with Crippen LogP contribution in [0.25, 0.3) is 12.2 Å². The molecule has 20 heteroatoms. The van der Waals surface area contributed by atoms with Gasteiger partial charge in [0.2, 0.25) is 0 Å². The van der Waals surface area contributed by atoms with E-state index in [1.165, 1.54) is 66.7 Å². The Balaban J connectivity index is 0.00000364. The molecule has 3 aliphatic heterocycles. The third kappa shape index (κ3) is 9.50. The zero-order valence-corrected chi connectivity index (χ0v) is 42.8. The summed E-state index contributed by atoms with van der Waals surface area (Å²) in [5.41, 5.74) is -0.796. The Kier molecular flexibility index (Phi) is 14.0. The quantitative estimate of drug-likeness (QED) is 0.0497. The van der Waals surface area contributed by atoms with E-state index >= 15 is 0 Å². The number of hydrogen-bond donors (Lipinski definition) is 17. The number of aliphatic hydroxyl groups excluding tert-OH is 2. The van der Waals surface area contributed by atoms with Crippen LogP contribution in [0, 0.1) is 0 Å². The molecule has 8 aromatic carbocycles. The third-order valence-electron chi connectivity index (χ3n) is 14.7. The van der Waals surface area contributed by atoms with Crippen LogP contribution >= 0.6 is 0 Å². The smallest absolute Gasteiger partial charge is 0.157 e. The molecule has 0 aliphatic carbocycles. The van der Waals surface area contributed by atoms with E-state index in [1.807, 2.05) is 13.8 Å². The number of rotatable bonds is 8. The summed E-state index contributed by atoms with van der Waals surface area (Å²) in [6.07, 6.45) is -5.49. The molecule has 0 unspecified atom stereocenters. The number of aliphatic hydroxyl groups is 2. The molecule has 8 aromatic rings. The summed E-state index contributed by atoms with van der Waals surface area (Å²) < 4.78 is 19.5. The highest BCUT2D eigenvalue weighted by Crippen LogP contribution is 2.64. The molecule has 3 heterocycles. The SMILES string of the molecule is CC.Oc1ccc(/C=C/c2cc(O)c([C@H]3c4c(O)cc(O)c([C@H]5c6c(O)cc(O)c([C@@H]7C[C@@H](c8ccc(O)c(O)c8)Oc8cc(O)cc(O)c87)c6O[C@H](c6ccc(O)c(O)c6)[C@@H]5O)c4O[C@H](c4ccc(O)c(O)c4)[C@@H]3O)c(O)c2)cc1. The summed E-state index contributed by atoms with van der Waals surface area (Å²) in [7, 11) is 0.